The van der Waals surface area contributed by atoms with E-state index in [1.807, 2.05) is 54.6 Å². The standard InChI is InChI=1S/C26H33N7O4/c1-2-19(27)24(35)32-33-26(37)31-21(13-12-16-8-4-3-5-9-16)25(36)30-22(23(28)34)14-17-15-29-20-11-7-6-10-18(17)20/h3-11,15,19,21-22,29H,2,12-14,27H2,1H3,(H2,28,34)(H,30,36)(H,32,35)(H2,31,33,37)/t19-,21-,22-/m0/s1. The lowest BCUT2D eigenvalue weighted by Gasteiger charge is -2.22. The van der Waals surface area contributed by atoms with Crippen LogP contribution in [-0.2, 0) is 27.2 Å². The van der Waals surface area contributed by atoms with Gasteiger partial charge in [-0.15, -0.1) is 0 Å². The molecule has 9 N–H and O–H groups in total. The van der Waals surface area contributed by atoms with E-state index in [1.165, 1.54) is 0 Å². The number of aromatic amines is 1. The minimum atomic E-state index is -1.01. The van der Waals surface area contributed by atoms with Gasteiger partial charge in [-0.3, -0.25) is 19.8 Å². The van der Waals surface area contributed by atoms with E-state index in [0.717, 1.165) is 22.0 Å². The number of primary amides is 1. The quantitative estimate of drug-likeness (QED) is 0.189. The number of amides is 5. The fourth-order valence-electron chi connectivity index (χ4n) is 3.83. The summed E-state index contributed by atoms with van der Waals surface area (Å²) in [7, 11) is 0. The molecule has 11 heteroatoms. The molecule has 0 bridgehead atoms. The lowest BCUT2D eigenvalue weighted by Crippen LogP contribution is -2.58. The monoisotopic (exact) mass is 507 g/mol. The predicted octanol–water partition coefficient (Wildman–Crippen LogP) is 0.750. The maximum atomic E-state index is 13.2. The maximum Gasteiger partial charge on any atom is 0.334 e. The third-order valence-corrected chi connectivity index (χ3v) is 6.02. The molecule has 2 aromatic carbocycles. The number of hydrazine groups is 1. The number of nitrogens with two attached hydrogens (primary N) is 2. The molecule has 1 heterocycles. The SMILES string of the molecule is CC[C@H](N)C(=O)NNC(=O)N[C@@H](CCc1ccccc1)C(=O)N[C@@H](Cc1c[nH]c2ccccc12)C(N)=O. The Kier molecular flexibility index (Phi) is 9.61. The van der Waals surface area contributed by atoms with E-state index in [-0.39, 0.29) is 12.8 Å². The maximum absolute atomic E-state index is 13.2. The molecule has 0 aliphatic carbocycles. The van der Waals surface area contributed by atoms with Gasteiger partial charge in [0.15, 0.2) is 0 Å². The van der Waals surface area contributed by atoms with E-state index in [4.69, 9.17) is 11.5 Å². The fraction of sp³-hybridized carbons (Fsp3) is 0.308. The molecular weight excluding hydrogens is 474 g/mol. The molecule has 3 atom stereocenters. The third kappa shape index (κ3) is 7.80. The van der Waals surface area contributed by atoms with Crippen LogP contribution in [0.1, 0.15) is 30.9 Å². The fourth-order valence-corrected chi connectivity index (χ4v) is 3.83. The Labute approximate surface area is 214 Å². The zero-order valence-corrected chi connectivity index (χ0v) is 20.6. The molecular formula is C26H33N7O4. The number of nitrogens with one attached hydrogen (secondary N) is 5. The summed E-state index contributed by atoms with van der Waals surface area (Å²) in [5.74, 6) is -1.84. The third-order valence-electron chi connectivity index (χ3n) is 6.02. The van der Waals surface area contributed by atoms with Crippen LogP contribution in [0, 0.1) is 0 Å². The van der Waals surface area contributed by atoms with Gasteiger partial charge in [0.25, 0.3) is 5.91 Å². The van der Waals surface area contributed by atoms with Gasteiger partial charge in [-0.2, -0.15) is 0 Å². The molecule has 0 aliphatic rings. The van der Waals surface area contributed by atoms with Gasteiger partial charge in [0.1, 0.15) is 12.1 Å². The molecule has 3 rings (SSSR count). The Balaban J connectivity index is 1.69. The summed E-state index contributed by atoms with van der Waals surface area (Å²) >= 11 is 0. The second-order valence-electron chi connectivity index (χ2n) is 8.71. The summed E-state index contributed by atoms with van der Waals surface area (Å²) in [5, 5.41) is 6.15. The molecule has 37 heavy (non-hydrogen) atoms. The van der Waals surface area contributed by atoms with Gasteiger partial charge in [0.05, 0.1) is 6.04 Å². The van der Waals surface area contributed by atoms with Crippen LogP contribution in [-0.4, -0.2) is 46.9 Å². The minimum absolute atomic E-state index is 0.174. The van der Waals surface area contributed by atoms with E-state index < -0.39 is 41.9 Å². The van der Waals surface area contributed by atoms with Crippen LogP contribution in [0.25, 0.3) is 10.9 Å². The first kappa shape index (κ1) is 27.2. The average molecular weight is 508 g/mol. The van der Waals surface area contributed by atoms with E-state index >= 15 is 0 Å². The molecule has 196 valence electrons. The number of hydrogen-bond donors (Lipinski definition) is 7. The predicted molar refractivity (Wildman–Crippen MR) is 140 cm³/mol. The molecule has 0 unspecified atom stereocenters. The van der Waals surface area contributed by atoms with Crippen LogP contribution < -0.4 is 33.0 Å². The molecule has 5 amide bonds. The highest BCUT2D eigenvalue weighted by molar-refractivity contribution is 5.92. The summed E-state index contributed by atoms with van der Waals surface area (Å²) in [6, 6.07) is 13.5. The number of carbonyl (C=O) groups excluding carboxylic acids is 4. The van der Waals surface area contributed by atoms with Crippen LogP contribution in [0.15, 0.2) is 60.8 Å². The van der Waals surface area contributed by atoms with Crippen molar-refractivity contribution in [3.63, 3.8) is 0 Å². The smallest absolute Gasteiger partial charge is 0.334 e. The summed E-state index contributed by atoms with van der Waals surface area (Å²) < 4.78 is 0. The van der Waals surface area contributed by atoms with Crippen LogP contribution in [0.2, 0.25) is 0 Å². The molecule has 1 aromatic heterocycles. The highest BCUT2D eigenvalue weighted by Gasteiger charge is 2.27. The lowest BCUT2D eigenvalue weighted by molar-refractivity contribution is -0.128. The zero-order chi connectivity index (χ0) is 26.8. The van der Waals surface area contributed by atoms with Gasteiger partial charge >= 0.3 is 6.03 Å². The zero-order valence-electron chi connectivity index (χ0n) is 20.6. The highest BCUT2D eigenvalue weighted by Crippen LogP contribution is 2.19. The van der Waals surface area contributed by atoms with Crippen molar-refractivity contribution in [1.82, 2.24) is 26.5 Å². The second kappa shape index (κ2) is 13.1. The van der Waals surface area contributed by atoms with Crippen molar-refractivity contribution in [3.8, 4) is 0 Å². The first-order chi connectivity index (χ1) is 17.8. The van der Waals surface area contributed by atoms with Gasteiger partial charge in [-0.05, 0) is 36.5 Å². The summed E-state index contributed by atoms with van der Waals surface area (Å²) in [6.45, 7) is 1.74. The molecule has 0 fully saturated rings. The Morgan fingerprint density at radius 3 is 2.30 bits per heavy atom. The number of carbonyl (C=O) groups is 4. The number of benzene rings is 2. The number of aryl methyl sites for hydroxylation is 1. The number of hydrogen-bond acceptors (Lipinski definition) is 5. The van der Waals surface area contributed by atoms with Crippen LogP contribution in [0.5, 0.6) is 0 Å². The van der Waals surface area contributed by atoms with Crippen molar-refractivity contribution < 1.29 is 19.2 Å². The van der Waals surface area contributed by atoms with Crippen molar-refractivity contribution >= 4 is 34.7 Å². The van der Waals surface area contributed by atoms with E-state index in [0.29, 0.717) is 12.8 Å². The first-order valence-corrected chi connectivity index (χ1v) is 12.1. The largest absolute Gasteiger partial charge is 0.368 e. The highest BCUT2D eigenvalue weighted by atomic mass is 16.2. The Bertz CT molecular complexity index is 1230. The van der Waals surface area contributed by atoms with E-state index in [2.05, 4.69) is 26.5 Å². The Hall–Kier alpha value is -4.38. The van der Waals surface area contributed by atoms with Gasteiger partial charge in [0, 0.05) is 23.5 Å². The van der Waals surface area contributed by atoms with E-state index in [1.54, 1.807) is 13.1 Å². The molecule has 0 aliphatic heterocycles. The molecule has 3 aromatic rings. The summed E-state index contributed by atoms with van der Waals surface area (Å²) in [5.41, 5.74) is 18.4. The molecule has 0 saturated carbocycles. The lowest BCUT2D eigenvalue weighted by atomic mass is 10.0. The average Bonchev–Trinajstić information content (AvgIpc) is 3.31. The minimum Gasteiger partial charge on any atom is -0.368 e. The summed E-state index contributed by atoms with van der Waals surface area (Å²) in [6.07, 6.45) is 3.06. The van der Waals surface area contributed by atoms with Gasteiger partial charge in [-0.1, -0.05) is 55.5 Å². The van der Waals surface area contributed by atoms with Crippen molar-refractivity contribution in [2.75, 3.05) is 0 Å². The second-order valence-corrected chi connectivity index (χ2v) is 8.71. The first-order valence-electron chi connectivity index (χ1n) is 12.1. The summed E-state index contributed by atoms with van der Waals surface area (Å²) in [4.78, 5) is 52.9. The van der Waals surface area contributed by atoms with Crippen molar-refractivity contribution in [1.29, 1.82) is 0 Å². The van der Waals surface area contributed by atoms with E-state index in [9.17, 15) is 19.2 Å². The van der Waals surface area contributed by atoms with Crippen molar-refractivity contribution in [2.45, 2.75) is 50.7 Å². The molecule has 0 saturated heterocycles. The number of fused-ring (bicyclic) bond motifs is 1. The van der Waals surface area contributed by atoms with Crippen LogP contribution >= 0.6 is 0 Å². The van der Waals surface area contributed by atoms with Gasteiger partial charge < -0.3 is 27.1 Å². The Morgan fingerprint density at radius 2 is 1.59 bits per heavy atom. The number of urea groups is 1. The Morgan fingerprint density at radius 1 is 0.892 bits per heavy atom. The number of aromatic nitrogens is 1. The number of H-pyrrole nitrogens is 1. The van der Waals surface area contributed by atoms with Gasteiger partial charge in [-0.25, -0.2) is 10.2 Å². The number of para-hydroxylation sites is 1. The topological polar surface area (TPSA) is 184 Å². The number of rotatable bonds is 11. The molecule has 11 nitrogen and oxygen atoms in total. The van der Waals surface area contributed by atoms with Crippen LogP contribution in [0.3, 0.4) is 0 Å². The molecule has 0 spiro atoms. The molecule has 0 radical (unpaired) electrons. The van der Waals surface area contributed by atoms with Crippen LogP contribution in [0.4, 0.5) is 4.79 Å². The van der Waals surface area contributed by atoms with Crippen molar-refractivity contribution in [2.24, 2.45) is 11.5 Å². The van der Waals surface area contributed by atoms with Gasteiger partial charge in [0.2, 0.25) is 11.8 Å². The van der Waals surface area contributed by atoms with Crippen molar-refractivity contribution in [3.05, 3.63) is 71.9 Å². The normalized spacial score (nSPS) is 13.2.